The highest BCUT2D eigenvalue weighted by Gasteiger charge is 2.28. The van der Waals surface area contributed by atoms with E-state index in [0.717, 1.165) is 22.3 Å². The zero-order valence-corrected chi connectivity index (χ0v) is 54.5. The Labute approximate surface area is 526 Å². The lowest BCUT2D eigenvalue weighted by molar-refractivity contribution is -0.123. The number of phenols is 1. The van der Waals surface area contributed by atoms with Crippen molar-refractivity contribution in [3.63, 3.8) is 0 Å². The first kappa shape index (κ1) is 72.3. The van der Waals surface area contributed by atoms with Crippen LogP contribution >= 0.6 is 0 Å². The van der Waals surface area contributed by atoms with Gasteiger partial charge in [-0.05, 0) is 122 Å². The van der Waals surface area contributed by atoms with Gasteiger partial charge in [0.15, 0.2) is 17.5 Å². The van der Waals surface area contributed by atoms with E-state index in [-0.39, 0.29) is 23.3 Å². The third kappa shape index (κ3) is 24.9. The van der Waals surface area contributed by atoms with Crippen molar-refractivity contribution in [2.45, 2.75) is 146 Å². The largest absolute Gasteiger partial charge is 0.508 e. The first-order chi connectivity index (χ1) is 42.5. The van der Waals surface area contributed by atoms with E-state index in [1.165, 1.54) is 17.0 Å². The molecule has 0 spiro atoms. The molecule has 4 amide bonds. The number of nitrogens with zero attached hydrogens (tertiary/aromatic N) is 13. The van der Waals surface area contributed by atoms with Gasteiger partial charge in [-0.25, -0.2) is 14.4 Å². The highest BCUT2D eigenvalue weighted by atomic mass is 16.6. The van der Waals surface area contributed by atoms with Crippen LogP contribution in [0.15, 0.2) is 133 Å². The fourth-order valence-electron chi connectivity index (χ4n) is 7.10. The molecule has 0 aliphatic rings. The average molecular weight is 1230 g/mol. The minimum atomic E-state index is -0.736. The first-order valence-corrected chi connectivity index (χ1v) is 29.3. The Morgan fingerprint density at radius 1 is 0.478 bits per heavy atom. The maximum Gasteiger partial charge on any atom is 0.410 e. The molecule has 25 heteroatoms. The maximum atomic E-state index is 12.3. The van der Waals surface area contributed by atoms with Gasteiger partial charge in [-0.1, -0.05) is 133 Å². The van der Waals surface area contributed by atoms with Gasteiger partial charge in [0.25, 0.3) is 0 Å². The molecule has 0 aliphatic carbocycles. The zero-order chi connectivity index (χ0) is 66.8. The molecule has 3 aromatic heterocycles. The number of benzene rings is 5. The van der Waals surface area contributed by atoms with Crippen LogP contribution in [0.3, 0.4) is 0 Å². The number of hydrogen-bond acceptors (Lipinski definition) is 21. The van der Waals surface area contributed by atoms with Crippen LogP contribution in [0.5, 0.6) is 5.75 Å². The number of nitrogen functional groups attached to an aromatic ring is 1. The molecule has 90 heavy (non-hydrogen) atoms. The number of rotatable bonds is 13. The fraction of sp³-hybridized carbons (Fsp3) is 0.385. The molecule has 0 aliphatic heterocycles. The average Bonchev–Trinajstić information content (AvgIpc) is 1.41. The molecular formula is C65H85N17O8. The van der Waals surface area contributed by atoms with Crippen LogP contribution < -0.4 is 21.7 Å². The topological polar surface area (TPSA) is 336 Å². The summed E-state index contributed by atoms with van der Waals surface area (Å²) < 4.78 is 16.0. The van der Waals surface area contributed by atoms with E-state index >= 15 is 0 Å². The smallest absolute Gasteiger partial charge is 0.410 e. The van der Waals surface area contributed by atoms with Crippen molar-refractivity contribution in [1.29, 1.82) is 0 Å². The number of ether oxygens (including phenoxy) is 3. The van der Waals surface area contributed by atoms with E-state index in [1.807, 2.05) is 130 Å². The van der Waals surface area contributed by atoms with Gasteiger partial charge in [-0.3, -0.25) is 4.79 Å². The van der Waals surface area contributed by atoms with Crippen LogP contribution in [0.2, 0.25) is 0 Å². The Morgan fingerprint density at radius 2 is 0.833 bits per heavy atom. The van der Waals surface area contributed by atoms with Gasteiger partial charge in [0, 0.05) is 53.5 Å². The molecule has 0 radical (unpaired) electrons. The van der Waals surface area contributed by atoms with Gasteiger partial charge in [0.2, 0.25) is 23.4 Å². The molecule has 0 saturated heterocycles. The molecule has 5 aromatic carbocycles. The number of aromatic hydroxyl groups is 1. The van der Waals surface area contributed by atoms with Crippen LogP contribution in [0.1, 0.15) is 151 Å². The molecule has 2 atom stereocenters. The molecule has 478 valence electrons. The lowest BCUT2D eigenvalue weighted by Gasteiger charge is -2.24. The number of alkyl carbamates (subject to hydrolysis) is 2. The van der Waals surface area contributed by atoms with Crippen molar-refractivity contribution in [2.75, 3.05) is 24.6 Å². The summed E-state index contributed by atoms with van der Waals surface area (Å²) in [6.07, 6.45) is -1.21. The quantitative estimate of drug-likeness (QED) is 0.0529. The van der Waals surface area contributed by atoms with Crippen LogP contribution in [0.4, 0.5) is 25.8 Å². The van der Waals surface area contributed by atoms with Gasteiger partial charge in [-0.2, -0.15) is 0 Å². The minimum absolute atomic E-state index is 0.0597. The Bertz CT molecular complexity index is 3290. The summed E-state index contributed by atoms with van der Waals surface area (Å²) in [5.41, 5.74) is 8.48. The highest BCUT2D eigenvalue weighted by molar-refractivity contribution is 5.94. The Balaban J connectivity index is 0.000000280. The van der Waals surface area contributed by atoms with Crippen LogP contribution in [0.25, 0.3) is 34.2 Å². The minimum Gasteiger partial charge on any atom is -0.508 e. The number of nitrogens with two attached hydrogens (primary N) is 1. The molecule has 0 bridgehead atoms. The predicted octanol–water partition coefficient (Wildman–Crippen LogP) is 11.8. The second-order valence-electron chi connectivity index (χ2n) is 23.4. The maximum absolute atomic E-state index is 12.3. The van der Waals surface area contributed by atoms with Crippen LogP contribution in [0, 0.1) is 5.41 Å². The summed E-state index contributed by atoms with van der Waals surface area (Å²) in [6, 6.07) is 37.9. The van der Waals surface area contributed by atoms with E-state index in [1.54, 1.807) is 109 Å². The van der Waals surface area contributed by atoms with Crippen molar-refractivity contribution in [2.24, 2.45) is 5.41 Å². The third-order valence-corrected chi connectivity index (χ3v) is 11.4. The van der Waals surface area contributed by atoms with Gasteiger partial charge in [0.05, 0.1) is 0 Å². The van der Waals surface area contributed by atoms with Crippen LogP contribution in [-0.4, -0.2) is 126 Å². The van der Waals surface area contributed by atoms with Crippen molar-refractivity contribution in [3.05, 3.63) is 162 Å². The number of phenolic OH excluding ortho intramolecular Hbond substituents is 1. The summed E-state index contributed by atoms with van der Waals surface area (Å²) in [4.78, 5) is 50.1. The molecule has 0 fully saturated rings. The third-order valence-electron chi connectivity index (χ3n) is 11.4. The summed E-state index contributed by atoms with van der Waals surface area (Å²) in [5.74, 6) is 2.10. The Hall–Kier alpha value is -10.2. The van der Waals surface area contributed by atoms with E-state index in [2.05, 4.69) is 77.1 Å². The number of hydrogen-bond donors (Lipinski definition) is 5. The van der Waals surface area contributed by atoms with E-state index in [9.17, 15) is 24.3 Å². The molecular weight excluding hydrogens is 1150 g/mol. The molecule has 0 saturated carbocycles. The van der Waals surface area contributed by atoms with Crippen LogP contribution in [-0.2, 0) is 25.4 Å². The van der Waals surface area contributed by atoms with Gasteiger partial charge in [0.1, 0.15) is 34.6 Å². The molecule has 3 heterocycles. The monoisotopic (exact) mass is 1230 g/mol. The number of amides is 4. The van der Waals surface area contributed by atoms with E-state index in [4.69, 9.17) is 19.9 Å². The summed E-state index contributed by atoms with van der Waals surface area (Å²) >= 11 is 0. The Kier molecular flexibility index (Phi) is 27.1. The van der Waals surface area contributed by atoms with Gasteiger partial charge < -0.3 is 45.9 Å². The van der Waals surface area contributed by atoms with Crippen molar-refractivity contribution in [3.8, 4) is 39.9 Å². The number of aromatic nitrogens is 12. The lowest BCUT2D eigenvalue weighted by Crippen LogP contribution is -2.36. The van der Waals surface area contributed by atoms with Crippen molar-refractivity contribution < 1.29 is 38.5 Å². The SMILES string of the molecule is CC.CC.CC(C)(C)OC(=O)NC(c1ccc(N)cc1)c1nnc(-c2ccccc2)nn1.CC(C)(C)OC(=O)NC(c1ccc(O)cc1)c1nnc(-c2ccccc2)nn1.CN(CCc1nnc(-c2ccc(NC(=O)C(C)(C)C)cc2)nn1)C(=O)OC(C)(C)C. The highest BCUT2D eigenvalue weighted by Crippen LogP contribution is 2.25. The number of likely N-dealkylation sites (N-methyl/N-ethyl adjacent to an activating group) is 1. The lowest BCUT2D eigenvalue weighted by atomic mass is 9.95. The van der Waals surface area contributed by atoms with Gasteiger partial charge in [-0.15, -0.1) is 61.2 Å². The van der Waals surface area contributed by atoms with Crippen molar-refractivity contribution >= 4 is 35.6 Å². The summed E-state index contributed by atoms with van der Waals surface area (Å²) in [6.45, 7) is 30.1. The van der Waals surface area contributed by atoms with Crippen molar-refractivity contribution in [1.82, 2.24) is 76.7 Å². The van der Waals surface area contributed by atoms with E-state index in [0.29, 0.717) is 53.2 Å². The second-order valence-corrected chi connectivity index (χ2v) is 23.4. The fourth-order valence-corrected chi connectivity index (χ4v) is 7.10. The molecule has 6 N–H and O–H groups in total. The standard InChI is InChI=1S/C21H30N6O3.C20H22N6O2.C20H21N5O3.2C2H6/c1-20(2,3)18(28)22-15-10-8-14(9-11-15)17-25-23-16(24-26-17)12-13-27(7)19(29)30-21(4,5)6;1-20(2,3)28-19(27)22-16(13-9-11-15(21)12-10-13)18-25-23-17(24-26-18)14-7-5-4-6-8-14;1-20(2,3)28-19(27)21-16(13-9-11-15(26)12-10-13)18-24-22-17(23-25-18)14-7-5-4-6-8-14;2*1-2/h8-11H,12-13H2,1-7H3,(H,22,28);4-12,16H,21H2,1-3H3,(H,22,27);4-12,16,26H,1-3H3,(H,21,27);2*1-2H3. The Morgan fingerprint density at radius 3 is 1.20 bits per heavy atom. The number of anilines is 2. The zero-order valence-electron chi connectivity index (χ0n) is 54.5. The summed E-state index contributed by atoms with van der Waals surface area (Å²) in [7, 11) is 1.66. The number of carbonyl (C=O) groups excluding carboxylic acids is 4. The molecule has 8 rings (SSSR count). The molecule has 8 aromatic rings. The number of carbonyl (C=O) groups is 4. The second kappa shape index (κ2) is 33.8. The first-order valence-electron chi connectivity index (χ1n) is 29.3. The molecule has 25 nitrogen and oxygen atoms in total. The predicted molar refractivity (Wildman–Crippen MR) is 344 cm³/mol. The van der Waals surface area contributed by atoms with E-state index < -0.39 is 52.6 Å². The van der Waals surface area contributed by atoms with Gasteiger partial charge >= 0.3 is 18.3 Å². The summed E-state index contributed by atoms with van der Waals surface area (Å²) in [5, 5.41) is 67.6. The normalized spacial score (nSPS) is 11.7. The molecule has 2 unspecified atom stereocenters. The number of nitrogens with one attached hydrogen (secondary N) is 3.